The molecule has 5 heteroatoms. The van der Waals surface area contributed by atoms with Crippen LogP contribution in [0.2, 0.25) is 0 Å². The van der Waals surface area contributed by atoms with Crippen LogP contribution in [0.3, 0.4) is 0 Å². The molecule has 22 heavy (non-hydrogen) atoms. The van der Waals surface area contributed by atoms with Gasteiger partial charge in [0.15, 0.2) is 0 Å². The molecule has 0 bridgehead atoms. The second-order valence-corrected chi connectivity index (χ2v) is 6.71. The number of nitrogens with zero attached hydrogens (tertiary/aromatic N) is 1. The third-order valence-electron chi connectivity index (χ3n) is 3.22. The number of aromatic nitrogens is 1. The first-order valence-electron chi connectivity index (χ1n) is 6.90. The van der Waals surface area contributed by atoms with Gasteiger partial charge in [0, 0.05) is 18.1 Å². The van der Waals surface area contributed by atoms with E-state index in [1.54, 1.807) is 18.2 Å². The largest absolute Gasteiger partial charge is 0.324 e. The van der Waals surface area contributed by atoms with Gasteiger partial charge in [0.25, 0.3) is 0 Å². The first-order valence-corrected chi connectivity index (χ1v) is 8.55. The summed E-state index contributed by atoms with van der Waals surface area (Å²) in [5.41, 5.74) is 2.23. The van der Waals surface area contributed by atoms with Gasteiger partial charge in [0.2, 0.25) is 10.0 Å². The predicted molar refractivity (Wildman–Crippen MR) is 88.5 cm³/mol. The zero-order valence-corrected chi connectivity index (χ0v) is 12.7. The van der Waals surface area contributed by atoms with E-state index in [2.05, 4.69) is 4.72 Å². The van der Waals surface area contributed by atoms with Crippen LogP contribution in [0.15, 0.2) is 79.1 Å². The van der Waals surface area contributed by atoms with Gasteiger partial charge in [-0.25, -0.2) is 8.42 Å². The molecule has 3 aromatic rings. The molecular formula is C17H16N2O2S. The molecule has 112 valence electrons. The van der Waals surface area contributed by atoms with Crippen molar-refractivity contribution in [1.29, 1.82) is 0 Å². The number of rotatable bonds is 5. The number of sulfonamides is 1. The molecule has 2 aromatic carbocycles. The fraction of sp³-hybridized carbons (Fsp3) is 0.0588. The first kappa shape index (κ1) is 14.4. The fourth-order valence-electron chi connectivity index (χ4n) is 2.25. The molecule has 3 rings (SSSR count). The van der Waals surface area contributed by atoms with Gasteiger partial charge in [0.1, 0.15) is 0 Å². The Morgan fingerprint density at radius 1 is 0.864 bits per heavy atom. The molecule has 0 radical (unpaired) electrons. The Kier molecular flexibility index (Phi) is 3.98. The van der Waals surface area contributed by atoms with E-state index in [-0.39, 0.29) is 5.75 Å². The van der Waals surface area contributed by atoms with Crippen LogP contribution in [-0.2, 0) is 15.8 Å². The highest BCUT2D eigenvalue weighted by molar-refractivity contribution is 7.91. The van der Waals surface area contributed by atoms with E-state index in [0.29, 0.717) is 5.69 Å². The van der Waals surface area contributed by atoms with Crippen molar-refractivity contribution in [2.24, 2.45) is 0 Å². The van der Waals surface area contributed by atoms with E-state index in [1.165, 1.54) is 0 Å². The summed E-state index contributed by atoms with van der Waals surface area (Å²) in [6.07, 6.45) is 3.83. The van der Waals surface area contributed by atoms with Gasteiger partial charge < -0.3 is 4.57 Å². The number of hydrogen-bond acceptors (Lipinski definition) is 2. The van der Waals surface area contributed by atoms with Gasteiger partial charge in [0.05, 0.1) is 11.4 Å². The van der Waals surface area contributed by atoms with E-state index in [1.807, 2.05) is 65.5 Å². The summed E-state index contributed by atoms with van der Waals surface area (Å²) >= 11 is 0. The molecule has 0 amide bonds. The molecule has 0 saturated carbocycles. The van der Waals surface area contributed by atoms with Gasteiger partial charge in [-0.2, -0.15) is 0 Å². The highest BCUT2D eigenvalue weighted by Crippen LogP contribution is 2.17. The lowest BCUT2D eigenvalue weighted by atomic mass is 10.2. The minimum absolute atomic E-state index is 0.0401. The number of nitrogens with one attached hydrogen (secondary N) is 1. The van der Waals surface area contributed by atoms with Gasteiger partial charge in [-0.05, 0) is 35.9 Å². The fourth-order valence-corrected chi connectivity index (χ4v) is 3.44. The molecule has 0 saturated heterocycles. The normalized spacial score (nSPS) is 11.3. The zero-order valence-electron chi connectivity index (χ0n) is 11.9. The van der Waals surface area contributed by atoms with Crippen molar-refractivity contribution in [3.63, 3.8) is 0 Å². The molecule has 0 atom stereocenters. The van der Waals surface area contributed by atoms with Crippen molar-refractivity contribution in [1.82, 2.24) is 4.57 Å². The Morgan fingerprint density at radius 2 is 1.59 bits per heavy atom. The van der Waals surface area contributed by atoms with Crippen molar-refractivity contribution in [3.05, 3.63) is 84.7 Å². The lowest BCUT2D eigenvalue weighted by molar-refractivity contribution is 0.600. The molecule has 0 fully saturated rings. The van der Waals surface area contributed by atoms with Crippen LogP contribution in [0.25, 0.3) is 5.69 Å². The van der Waals surface area contributed by atoms with Gasteiger partial charge in [-0.3, -0.25) is 4.72 Å². The summed E-state index contributed by atoms with van der Waals surface area (Å²) < 4.78 is 29.1. The second kappa shape index (κ2) is 6.07. The average molecular weight is 312 g/mol. The zero-order chi connectivity index (χ0) is 15.4. The van der Waals surface area contributed by atoms with E-state index in [4.69, 9.17) is 0 Å². The third kappa shape index (κ3) is 3.56. The number of anilines is 1. The Bertz CT molecular complexity index is 841. The van der Waals surface area contributed by atoms with Crippen LogP contribution in [0.4, 0.5) is 5.69 Å². The van der Waals surface area contributed by atoms with Crippen LogP contribution in [0.5, 0.6) is 0 Å². The van der Waals surface area contributed by atoms with Gasteiger partial charge in [-0.15, -0.1) is 0 Å². The molecule has 1 aromatic heterocycles. The summed E-state index contributed by atoms with van der Waals surface area (Å²) in [5, 5.41) is 0. The summed E-state index contributed by atoms with van der Waals surface area (Å²) in [6, 6.07) is 20.3. The van der Waals surface area contributed by atoms with Crippen molar-refractivity contribution in [2.75, 3.05) is 4.72 Å². The molecule has 0 aliphatic rings. The standard InChI is InChI=1S/C17H16N2O2S/c20-22(21,14-15-7-2-1-3-8-15)18-16-9-6-10-17(13-16)19-11-4-5-12-19/h1-13,18H,14H2. The topological polar surface area (TPSA) is 51.1 Å². The molecule has 4 nitrogen and oxygen atoms in total. The van der Waals surface area contributed by atoms with Crippen LogP contribution < -0.4 is 4.72 Å². The minimum atomic E-state index is -3.43. The van der Waals surface area contributed by atoms with Crippen molar-refractivity contribution >= 4 is 15.7 Å². The Balaban J connectivity index is 1.79. The monoisotopic (exact) mass is 312 g/mol. The maximum atomic E-state index is 12.2. The Labute approximate surface area is 130 Å². The van der Waals surface area contributed by atoms with Gasteiger partial charge in [-0.1, -0.05) is 36.4 Å². The minimum Gasteiger partial charge on any atom is -0.324 e. The number of hydrogen-bond donors (Lipinski definition) is 1. The van der Waals surface area contributed by atoms with Crippen molar-refractivity contribution < 1.29 is 8.42 Å². The van der Waals surface area contributed by atoms with Crippen LogP contribution in [-0.4, -0.2) is 13.0 Å². The van der Waals surface area contributed by atoms with E-state index >= 15 is 0 Å². The lowest BCUT2D eigenvalue weighted by Crippen LogP contribution is -2.15. The van der Waals surface area contributed by atoms with Crippen LogP contribution in [0, 0.1) is 0 Å². The summed E-state index contributed by atoms with van der Waals surface area (Å²) in [4.78, 5) is 0. The molecular weight excluding hydrogens is 296 g/mol. The van der Waals surface area contributed by atoms with Crippen molar-refractivity contribution in [3.8, 4) is 5.69 Å². The maximum Gasteiger partial charge on any atom is 0.236 e. The lowest BCUT2D eigenvalue weighted by Gasteiger charge is -2.10. The SMILES string of the molecule is O=S(=O)(Cc1ccccc1)Nc1cccc(-n2cccc2)c1. The molecule has 0 aliphatic carbocycles. The summed E-state index contributed by atoms with van der Waals surface area (Å²) in [5.74, 6) is -0.0401. The molecule has 1 N–H and O–H groups in total. The number of benzene rings is 2. The van der Waals surface area contributed by atoms with E-state index < -0.39 is 10.0 Å². The maximum absolute atomic E-state index is 12.2. The highest BCUT2D eigenvalue weighted by atomic mass is 32.2. The smallest absolute Gasteiger partial charge is 0.236 e. The first-order chi connectivity index (χ1) is 10.6. The Morgan fingerprint density at radius 3 is 2.32 bits per heavy atom. The van der Waals surface area contributed by atoms with Crippen LogP contribution >= 0.6 is 0 Å². The summed E-state index contributed by atoms with van der Waals surface area (Å²) in [7, 11) is -3.43. The second-order valence-electron chi connectivity index (χ2n) is 4.99. The Hall–Kier alpha value is -2.53. The van der Waals surface area contributed by atoms with E-state index in [9.17, 15) is 8.42 Å². The molecule has 1 heterocycles. The van der Waals surface area contributed by atoms with Crippen LogP contribution in [0.1, 0.15) is 5.56 Å². The molecule has 0 aliphatic heterocycles. The molecule has 0 unspecified atom stereocenters. The predicted octanol–water partition coefficient (Wildman–Crippen LogP) is 3.42. The van der Waals surface area contributed by atoms with E-state index in [0.717, 1.165) is 11.3 Å². The molecule has 0 spiro atoms. The summed E-state index contributed by atoms with van der Waals surface area (Å²) in [6.45, 7) is 0. The third-order valence-corrected chi connectivity index (χ3v) is 4.48. The average Bonchev–Trinajstić information content (AvgIpc) is 3.02. The van der Waals surface area contributed by atoms with Gasteiger partial charge >= 0.3 is 0 Å². The quantitative estimate of drug-likeness (QED) is 0.785. The highest BCUT2D eigenvalue weighted by Gasteiger charge is 2.11. The van der Waals surface area contributed by atoms with Crippen molar-refractivity contribution in [2.45, 2.75) is 5.75 Å².